The van der Waals surface area contributed by atoms with Crippen molar-refractivity contribution in [2.24, 2.45) is 31.8 Å². The minimum atomic E-state index is -1.38. The first-order chi connectivity index (χ1) is 31.5. The van der Waals surface area contributed by atoms with Gasteiger partial charge >= 0.3 is 12.2 Å². The smallest absolute Gasteiger partial charge is 0.434 e. The van der Waals surface area contributed by atoms with Gasteiger partial charge in [-0.25, -0.2) is 19.0 Å². The van der Waals surface area contributed by atoms with Crippen molar-refractivity contribution in [2.45, 2.75) is 126 Å². The van der Waals surface area contributed by atoms with Crippen LogP contribution in [-0.2, 0) is 28.3 Å². The number of carbonyl (C=O) groups excluding carboxylic acids is 1. The van der Waals surface area contributed by atoms with Crippen molar-refractivity contribution < 1.29 is 38.8 Å². The molecule has 378 valence electrons. The number of benzene rings is 2. The summed E-state index contributed by atoms with van der Waals surface area (Å²) in [6, 6.07) is 8.71. The van der Waals surface area contributed by atoms with Crippen LogP contribution in [0.15, 0.2) is 54.9 Å². The molecule has 0 saturated carbocycles. The van der Waals surface area contributed by atoms with Crippen molar-refractivity contribution in [1.29, 1.82) is 0 Å². The van der Waals surface area contributed by atoms with Crippen molar-refractivity contribution in [3.8, 4) is 22.5 Å². The van der Waals surface area contributed by atoms with Crippen LogP contribution >= 0.6 is 31.9 Å². The average molecular weight is 1080 g/mol. The number of nitro benzene ring substituents is 2. The van der Waals surface area contributed by atoms with E-state index >= 15 is 0 Å². The first-order valence-electron chi connectivity index (χ1n) is 22.7. The zero-order valence-electron chi connectivity index (χ0n) is 41.9. The second kappa shape index (κ2) is 26.7. The zero-order chi connectivity index (χ0) is 52.0. The minimum absolute atomic E-state index is 0.0462. The van der Waals surface area contributed by atoms with Gasteiger partial charge in [-0.3, -0.25) is 29.8 Å². The lowest BCUT2D eigenvalue weighted by Crippen LogP contribution is -2.32. The fourth-order valence-corrected chi connectivity index (χ4v) is 7.67. The number of nitrogens with zero attached hydrogens (tertiary/aromatic N) is 6. The highest BCUT2D eigenvalue weighted by atomic mass is 79.9. The summed E-state index contributed by atoms with van der Waals surface area (Å²) < 4.78 is 21.4. The molecular formula is C48H70Br2N6O12. The molecule has 4 aromatic rings. The highest BCUT2D eigenvalue weighted by molar-refractivity contribution is 9.10. The summed E-state index contributed by atoms with van der Waals surface area (Å²) in [6.07, 6.45) is 0.114. The number of carboxylic acid groups (broad SMARTS) is 1. The number of carbonyl (C=O) groups is 2. The van der Waals surface area contributed by atoms with Crippen molar-refractivity contribution in [1.82, 2.24) is 18.7 Å². The lowest BCUT2D eigenvalue weighted by molar-refractivity contribution is -0.384. The molecule has 2 aliphatic rings. The molecule has 0 unspecified atom stereocenters. The van der Waals surface area contributed by atoms with E-state index in [2.05, 4.69) is 94.2 Å². The van der Waals surface area contributed by atoms with Gasteiger partial charge in [0.05, 0.1) is 32.4 Å². The molecule has 18 nitrogen and oxygen atoms in total. The third-order valence-corrected chi connectivity index (χ3v) is 10.4. The molecule has 68 heavy (non-hydrogen) atoms. The van der Waals surface area contributed by atoms with Crippen LogP contribution in [0.25, 0.3) is 22.5 Å². The Morgan fingerprint density at radius 1 is 0.662 bits per heavy atom. The van der Waals surface area contributed by atoms with Crippen LogP contribution in [0.3, 0.4) is 0 Å². The van der Waals surface area contributed by atoms with Crippen molar-refractivity contribution >= 4 is 55.4 Å². The number of hydrogen-bond donors (Lipinski definition) is 1. The van der Waals surface area contributed by atoms with Crippen LogP contribution in [0.5, 0.6) is 0 Å². The lowest BCUT2D eigenvalue weighted by Gasteiger charge is -2.23. The molecule has 2 aliphatic heterocycles. The Hall–Kier alpha value is -4.92. The molecule has 20 heteroatoms. The van der Waals surface area contributed by atoms with E-state index in [4.69, 9.17) is 14.2 Å². The van der Waals surface area contributed by atoms with E-state index in [9.17, 15) is 44.5 Å². The van der Waals surface area contributed by atoms with E-state index < -0.39 is 33.2 Å². The van der Waals surface area contributed by atoms with Crippen LogP contribution in [0.1, 0.15) is 132 Å². The number of rotatable bonds is 6. The molecule has 0 atom stereocenters. The molecule has 0 bridgehead atoms. The third kappa shape index (κ3) is 16.9. The highest BCUT2D eigenvalue weighted by Gasteiger charge is 2.36. The van der Waals surface area contributed by atoms with Gasteiger partial charge in [-0.05, 0) is 100 Å². The SMILES string of the molecule is CC(C)C.CC(C)C.CC(C)C.Cn1c(=O)c(C2CCOCC2)c(-c2cc(Br)ccc2[N+](=O)[O-])n1C(=O)O.Cn1c(=O)c(C2CCOCC2)c(-c2cc(Br)ccc2[N+](=O)[O-])n1C(=O)OC(C)(C)C. The Kier molecular flexibility index (Phi) is 23.3. The van der Waals surface area contributed by atoms with E-state index in [-0.39, 0.29) is 56.8 Å². The summed E-state index contributed by atoms with van der Waals surface area (Å²) in [5.41, 5.74) is -0.965. The third-order valence-electron chi connectivity index (χ3n) is 9.41. The summed E-state index contributed by atoms with van der Waals surface area (Å²) in [5.74, 6) is 2.09. The molecule has 2 aromatic heterocycles. The van der Waals surface area contributed by atoms with E-state index in [0.29, 0.717) is 66.6 Å². The topological polar surface area (TPSA) is 222 Å². The molecule has 0 amide bonds. The zero-order valence-corrected chi connectivity index (χ0v) is 45.1. The van der Waals surface area contributed by atoms with Gasteiger partial charge in [0.1, 0.15) is 5.60 Å². The molecule has 0 aliphatic carbocycles. The quantitative estimate of drug-likeness (QED) is 0.141. The van der Waals surface area contributed by atoms with Gasteiger partial charge in [0.25, 0.3) is 22.5 Å². The van der Waals surface area contributed by atoms with E-state index in [0.717, 1.165) is 31.8 Å². The predicted octanol–water partition coefficient (Wildman–Crippen LogP) is 12.1. The van der Waals surface area contributed by atoms with Crippen molar-refractivity contribution in [3.05, 3.63) is 97.4 Å². The maximum Gasteiger partial charge on any atom is 0.434 e. The fraction of sp³-hybridized carbons (Fsp3) is 0.583. The van der Waals surface area contributed by atoms with E-state index in [1.54, 1.807) is 32.9 Å². The summed E-state index contributed by atoms with van der Waals surface area (Å²) in [7, 11) is 2.80. The summed E-state index contributed by atoms with van der Waals surface area (Å²) in [4.78, 5) is 73.1. The van der Waals surface area contributed by atoms with Gasteiger partial charge < -0.3 is 19.3 Å². The predicted molar refractivity (Wildman–Crippen MR) is 271 cm³/mol. The summed E-state index contributed by atoms with van der Waals surface area (Å²) in [5, 5.41) is 32.9. The Morgan fingerprint density at radius 3 is 1.26 bits per heavy atom. The Bertz CT molecular complexity index is 2440. The van der Waals surface area contributed by atoms with Gasteiger partial charge in [-0.2, -0.15) is 9.36 Å². The molecule has 6 rings (SSSR count). The number of nitro groups is 2. The number of ether oxygens (including phenoxy) is 3. The standard InChI is InChI=1S/C20H24BrN3O6.C16H16BrN3O6.3C4H10/c1-20(2,3)30-19(26)23-17(14-11-13(21)5-6-15(14)24(27)28)16(18(25)22(23)4)12-7-9-29-10-8-12;1-18-15(21)13(9-4-6-26-7-5-9)14(19(18)16(22)23)11-8-10(17)2-3-12(11)20(24)25;3*1-4(2)3/h5-6,11-12H,7-10H2,1-4H3;2-3,8-9H,4-7H2,1H3,(H,22,23);3*4H,1-3H3. The van der Waals surface area contributed by atoms with Crippen LogP contribution in [0.2, 0.25) is 0 Å². The van der Waals surface area contributed by atoms with E-state index in [1.807, 2.05) is 0 Å². The molecule has 0 radical (unpaired) electrons. The fourth-order valence-electron chi connectivity index (χ4n) is 6.95. The van der Waals surface area contributed by atoms with Crippen molar-refractivity contribution in [3.63, 3.8) is 0 Å². The largest absolute Gasteiger partial charge is 0.463 e. The monoisotopic (exact) mass is 1080 g/mol. The maximum absolute atomic E-state index is 13.2. The first-order valence-corrected chi connectivity index (χ1v) is 24.3. The number of aromatic nitrogens is 4. The van der Waals surface area contributed by atoms with Gasteiger partial charge in [0.2, 0.25) is 0 Å². The first kappa shape index (κ1) is 59.2. The van der Waals surface area contributed by atoms with Gasteiger partial charge in [-0.15, -0.1) is 0 Å². The molecule has 2 aromatic carbocycles. The van der Waals surface area contributed by atoms with Gasteiger partial charge in [0, 0.05) is 72.7 Å². The second-order valence-corrected chi connectivity index (χ2v) is 21.2. The van der Waals surface area contributed by atoms with Gasteiger partial charge in [-0.1, -0.05) is 94.2 Å². The van der Waals surface area contributed by atoms with Crippen molar-refractivity contribution in [2.75, 3.05) is 26.4 Å². The van der Waals surface area contributed by atoms with Gasteiger partial charge in [0.15, 0.2) is 0 Å². The maximum atomic E-state index is 13.2. The molecule has 1 N–H and O–H groups in total. The number of halogens is 2. The molecule has 2 fully saturated rings. The van der Waals surface area contributed by atoms with Crippen LogP contribution in [0.4, 0.5) is 21.0 Å². The molecule has 2 saturated heterocycles. The molecular weight excluding hydrogens is 1010 g/mol. The summed E-state index contributed by atoms with van der Waals surface area (Å²) >= 11 is 6.61. The molecule has 0 spiro atoms. The minimum Gasteiger partial charge on any atom is -0.463 e. The Labute approximate surface area is 415 Å². The van der Waals surface area contributed by atoms with Crippen LogP contribution < -0.4 is 11.1 Å². The Morgan fingerprint density at radius 2 is 0.971 bits per heavy atom. The molecule has 4 heterocycles. The highest BCUT2D eigenvalue weighted by Crippen LogP contribution is 2.40. The van der Waals surface area contributed by atoms with E-state index in [1.165, 1.54) is 43.0 Å². The van der Waals surface area contributed by atoms with Crippen LogP contribution in [0, 0.1) is 38.0 Å². The number of hydrogen-bond acceptors (Lipinski definition) is 11. The van der Waals surface area contributed by atoms with Crippen LogP contribution in [-0.4, -0.2) is 77.9 Å². The average Bonchev–Trinajstić information content (AvgIpc) is 3.64. The normalized spacial score (nSPS) is 14.1. The Balaban J connectivity index is 0.000000379. The lowest BCUT2D eigenvalue weighted by atomic mass is 9.89. The summed E-state index contributed by atoms with van der Waals surface area (Å²) in [6.45, 7) is 26.5. The second-order valence-electron chi connectivity index (χ2n) is 19.4.